The lowest BCUT2D eigenvalue weighted by Crippen LogP contribution is -2.25. The van der Waals surface area contributed by atoms with Gasteiger partial charge in [0, 0.05) is 37.2 Å². The maximum atomic E-state index is 2.46. The summed E-state index contributed by atoms with van der Waals surface area (Å²) in [7, 11) is 0. The highest BCUT2D eigenvalue weighted by Crippen LogP contribution is 2.63. The van der Waals surface area contributed by atoms with Crippen LogP contribution in [-0.4, -0.2) is 0 Å². The van der Waals surface area contributed by atoms with Crippen LogP contribution in [0.15, 0.2) is 249 Å². The van der Waals surface area contributed by atoms with Crippen LogP contribution < -0.4 is 4.90 Å². The second-order valence-electron chi connectivity index (χ2n) is 18.7. The van der Waals surface area contributed by atoms with Crippen molar-refractivity contribution in [3.05, 3.63) is 271 Å². The summed E-state index contributed by atoms with van der Waals surface area (Å²) in [6.07, 6.45) is 0. The molecule has 0 bridgehead atoms. The van der Waals surface area contributed by atoms with Gasteiger partial charge in [0.25, 0.3) is 0 Å². The van der Waals surface area contributed by atoms with Gasteiger partial charge in [0.05, 0.1) is 5.41 Å². The largest absolute Gasteiger partial charge is 0.310 e. The quantitative estimate of drug-likeness (QED) is 0.156. The molecule has 0 saturated carbocycles. The van der Waals surface area contributed by atoms with Crippen molar-refractivity contribution in [2.45, 2.75) is 5.41 Å². The molecule has 0 saturated heterocycles. The van der Waals surface area contributed by atoms with E-state index in [4.69, 9.17) is 0 Å². The van der Waals surface area contributed by atoms with Crippen LogP contribution in [0.5, 0.6) is 0 Å². The van der Waals surface area contributed by atoms with Gasteiger partial charge in [0.1, 0.15) is 0 Å². The zero-order valence-corrected chi connectivity index (χ0v) is 38.3. The molecule has 1 spiro atoms. The molecule has 15 rings (SSSR count). The minimum atomic E-state index is -0.396. The fourth-order valence-corrected chi connectivity index (χ4v) is 13.5. The van der Waals surface area contributed by atoms with Crippen LogP contribution >= 0.6 is 11.3 Å². The summed E-state index contributed by atoms with van der Waals surface area (Å²) in [4.78, 5) is 2.46. The summed E-state index contributed by atoms with van der Waals surface area (Å²) >= 11 is 1.87. The van der Waals surface area contributed by atoms with Crippen LogP contribution in [0.3, 0.4) is 0 Å². The Kier molecular flexibility index (Phi) is 8.22. The maximum Gasteiger partial charge on any atom is 0.0725 e. The van der Waals surface area contributed by atoms with Crippen LogP contribution in [0.25, 0.3) is 97.0 Å². The Morgan fingerprint density at radius 1 is 0.261 bits per heavy atom. The van der Waals surface area contributed by atoms with Gasteiger partial charge in [-0.05, 0) is 148 Å². The van der Waals surface area contributed by atoms with Crippen LogP contribution in [0.2, 0.25) is 0 Å². The number of anilines is 3. The van der Waals surface area contributed by atoms with Crippen molar-refractivity contribution >= 4 is 80.9 Å². The fourth-order valence-electron chi connectivity index (χ4n) is 12.4. The molecule has 13 aromatic rings. The van der Waals surface area contributed by atoms with E-state index in [9.17, 15) is 0 Å². The van der Waals surface area contributed by atoms with Crippen LogP contribution in [-0.2, 0) is 5.41 Å². The average Bonchev–Trinajstić information content (AvgIpc) is 4.06. The lowest BCUT2D eigenvalue weighted by Gasteiger charge is -2.31. The molecule has 0 radical (unpaired) electrons. The number of nitrogens with zero attached hydrogens (tertiary/aromatic N) is 1. The number of hydrogen-bond donors (Lipinski definition) is 0. The van der Waals surface area contributed by atoms with E-state index in [2.05, 4.69) is 254 Å². The van der Waals surface area contributed by atoms with Gasteiger partial charge < -0.3 is 4.90 Å². The van der Waals surface area contributed by atoms with Crippen molar-refractivity contribution in [3.63, 3.8) is 0 Å². The molecule has 69 heavy (non-hydrogen) atoms. The Labute approximate surface area is 404 Å². The third-order valence-electron chi connectivity index (χ3n) is 15.3. The van der Waals surface area contributed by atoms with Crippen molar-refractivity contribution in [1.29, 1.82) is 0 Å². The average molecular weight is 892 g/mol. The first-order chi connectivity index (χ1) is 34.2. The zero-order valence-electron chi connectivity index (χ0n) is 37.5. The van der Waals surface area contributed by atoms with Gasteiger partial charge in [-0.15, -0.1) is 11.3 Å². The molecular weight excluding hydrogens is 851 g/mol. The van der Waals surface area contributed by atoms with Gasteiger partial charge in [-0.25, -0.2) is 0 Å². The van der Waals surface area contributed by atoms with Crippen molar-refractivity contribution in [2.24, 2.45) is 0 Å². The van der Waals surface area contributed by atoms with Gasteiger partial charge in [-0.2, -0.15) is 0 Å². The molecule has 0 amide bonds. The lowest BCUT2D eigenvalue weighted by atomic mass is 9.70. The molecule has 12 aromatic carbocycles. The van der Waals surface area contributed by atoms with Crippen molar-refractivity contribution in [2.75, 3.05) is 4.90 Å². The third kappa shape index (κ3) is 5.46. The molecule has 1 heterocycles. The molecule has 1 aromatic heterocycles. The second-order valence-corrected chi connectivity index (χ2v) is 19.8. The number of thiophene rings is 1. The monoisotopic (exact) mass is 891 g/mol. The van der Waals surface area contributed by atoms with Crippen LogP contribution in [0.1, 0.15) is 22.3 Å². The van der Waals surface area contributed by atoms with E-state index in [1.807, 2.05) is 11.3 Å². The molecule has 320 valence electrons. The Balaban J connectivity index is 0.894. The summed E-state index contributed by atoms with van der Waals surface area (Å²) in [5.41, 5.74) is 18.4. The highest BCUT2D eigenvalue weighted by molar-refractivity contribution is 7.25. The summed E-state index contributed by atoms with van der Waals surface area (Å²) in [6, 6.07) is 93.0. The number of fused-ring (bicyclic) bond motifs is 19. The van der Waals surface area contributed by atoms with Gasteiger partial charge >= 0.3 is 0 Å². The molecule has 0 N–H and O–H groups in total. The Bertz CT molecular complexity index is 4170. The summed E-state index contributed by atoms with van der Waals surface area (Å²) in [6.45, 7) is 0. The first-order valence-electron chi connectivity index (χ1n) is 23.9. The van der Waals surface area contributed by atoms with Crippen molar-refractivity contribution in [1.82, 2.24) is 0 Å². The summed E-state index contributed by atoms with van der Waals surface area (Å²) in [5, 5.41) is 10.3. The van der Waals surface area contributed by atoms with E-state index in [1.54, 1.807) is 0 Å². The topological polar surface area (TPSA) is 3.24 Å². The smallest absolute Gasteiger partial charge is 0.0725 e. The predicted octanol–water partition coefficient (Wildman–Crippen LogP) is 18.7. The second kappa shape index (κ2) is 14.7. The van der Waals surface area contributed by atoms with E-state index in [1.165, 1.54) is 119 Å². The van der Waals surface area contributed by atoms with E-state index in [0.29, 0.717) is 0 Å². The molecule has 2 aliphatic carbocycles. The molecule has 0 aliphatic heterocycles. The third-order valence-corrected chi connectivity index (χ3v) is 16.4. The minimum absolute atomic E-state index is 0.396. The molecule has 0 atom stereocenters. The van der Waals surface area contributed by atoms with Gasteiger partial charge in [-0.1, -0.05) is 200 Å². The summed E-state index contributed by atoms with van der Waals surface area (Å²) < 4.78 is 2.65. The SMILES string of the molecule is c1ccc2c(c1)-c1ccccc1C21c2ccccc2-c2cc(N(c3ccc(-c4ccc(-c5cccc6sc7ccccc7c56)cc4)cc3)c3ccc4c5ccccc5c5ccccc5c4c3)ccc21. The van der Waals surface area contributed by atoms with Crippen molar-refractivity contribution < 1.29 is 0 Å². The van der Waals surface area contributed by atoms with Crippen molar-refractivity contribution in [3.8, 4) is 44.5 Å². The minimum Gasteiger partial charge on any atom is -0.310 e. The molecule has 2 heteroatoms. The normalized spacial score (nSPS) is 13.0. The number of benzene rings is 12. The van der Waals surface area contributed by atoms with E-state index < -0.39 is 5.41 Å². The lowest BCUT2D eigenvalue weighted by molar-refractivity contribution is 0.794. The Morgan fingerprint density at radius 2 is 0.681 bits per heavy atom. The molecule has 0 unspecified atom stereocenters. The Hall–Kier alpha value is -8.56. The van der Waals surface area contributed by atoms with Crippen LogP contribution in [0.4, 0.5) is 17.1 Å². The summed E-state index contributed by atoms with van der Waals surface area (Å²) in [5.74, 6) is 0. The van der Waals surface area contributed by atoms with Gasteiger partial charge in [-0.3, -0.25) is 0 Å². The maximum absolute atomic E-state index is 2.46. The standard InChI is InChI=1S/C67H41NS/c1-2-16-51-49(14-1)50-15-3-4-17-52(50)58-40-46(36-38-53(51)58)68(45-34-32-43(33-35-45)42-28-30-44(31-29-42)48-22-13-27-65-66(48)57-21-8-12-26-64(57)69-65)47-37-39-63-59(41-47)56-20-7-11-25-62(56)67(63)60-23-9-5-18-54(60)55-19-6-10-24-61(55)67/h1-41H. The highest BCUT2D eigenvalue weighted by Gasteiger charge is 2.51. The fraction of sp³-hybridized carbons (Fsp3) is 0.0149. The number of hydrogen-bond acceptors (Lipinski definition) is 2. The highest BCUT2D eigenvalue weighted by atomic mass is 32.1. The van der Waals surface area contributed by atoms with Gasteiger partial charge in [0.15, 0.2) is 0 Å². The van der Waals surface area contributed by atoms with Gasteiger partial charge in [0.2, 0.25) is 0 Å². The predicted molar refractivity (Wildman–Crippen MR) is 294 cm³/mol. The number of rotatable bonds is 5. The zero-order chi connectivity index (χ0) is 45.2. The first-order valence-corrected chi connectivity index (χ1v) is 24.7. The Morgan fingerprint density at radius 3 is 1.32 bits per heavy atom. The van der Waals surface area contributed by atoms with E-state index in [0.717, 1.165) is 17.1 Å². The van der Waals surface area contributed by atoms with Crippen LogP contribution in [0, 0.1) is 0 Å². The van der Waals surface area contributed by atoms with E-state index >= 15 is 0 Å². The molecular formula is C67H41NS. The first kappa shape index (κ1) is 38.5. The molecule has 0 fully saturated rings. The molecule has 1 nitrogen and oxygen atoms in total. The molecule has 2 aliphatic rings. The van der Waals surface area contributed by atoms with E-state index in [-0.39, 0.29) is 0 Å².